The van der Waals surface area contributed by atoms with Gasteiger partial charge in [0.2, 0.25) is 0 Å². The Kier molecular flexibility index (Phi) is 12.5. The Hall–Kier alpha value is -2.45. The van der Waals surface area contributed by atoms with E-state index in [9.17, 15) is 19.8 Å². The molecule has 0 bridgehead atoms. The Labute approximate surface area is 232 Å². The van der Waals surface area contributed by atoms with Crippen molar-refractivity contribution in [2.24, 2.45) is 0 Å². The molecule has 37 heavy (non-hydrogen) atoms. The smallest absolute Gasteiger partial charge is 0.336 e. The number of hydrogen-bond donors (Lipinski definition) is 3. The molecule has 0 saturated carbocycles. The fraction of sp³-hybridized carbons (Fsp3) is 0.250. The summed E-state index contributed by atoms with van der Waals surface area (Å²) in [7, 11) is 3.06. The fourth-order valence-corrected chi connectivity index (χ4v) is 3.76. The number of aliphatic hydroxyl groups is 2. The molecule has 3 N–H and O–H groups in total. The van der Waals surface area contributed by atoms with Crippen LogP contribution < -0.4 is 16.0 Å². The van der Waals surface area contributed by atoms with Crippen LogP contribution in [-0.2, 0) is 22.7 Å². The zero-order valence-electron chi connectivity index (χ0n) is 19.6. The summed E-state index contributed by atoms with van der Waals surface area (Å²) in [5, 5.41) is 28.9. The minimum absolute atomic E-state index is 0.0132. The number of phenols is 1. The van der Waals surface area contributed by atoms with Crippen LogP contribution in [-0.4, -0.2) is 42.4 Å². The summed E-state index contributed by atoms with van der Waals surface area (Å²) < 4.78 is 25.6. The lowest BCUT2D eigenvalue weighted by molar-refractivity contribution is 0.0506. The van der Waals surface area contributed by atoms with Gasteiger partial charge in [-0.25, -0.2) is 9.59 Å². The molecule has 0 amide bonds. The standard InChI is InChI=1S/C12H11BrO5.C10H7BrO4.C2H5ClO/c1-16-6-17-11-4-10-8(3-9(11)13)7(5-14)2-12(15)18-10;11-7-2-6-5(4-12)1-10(14)15-9(6)3-8(7)13;1-4-2-3/h2-4,14H,5-6H2,1H3;1-3,12-13H,4H2;2H2,1H3. The molecule has 0 radical (unpaired) electrons. The Bertz CT molecular complexity index is 1450. The van der Waals surface area contributed by atoms with Crippen LogP contribution in [0.2, 0.25) is 0 Å². The molecule has 0 atom stereocenters. The van der Waals surface area contributed by atoms with Gasteiger partial charge in [0.05, 0.1) is 22.2 Å². The molecule has 0 aliphatic carbocycles. The molecule has 4 rings (SSSR count). The van der Waals surface area contributed by atoms with Crippen molar-refractivity contribution >= 4 is 65.4 Å². The number of ether oxygens (including phenoxy) is 3. The number of hydrogen-bond acceptors (Lipinski definition) is 10. The van der Waals surface area contributed by atoms with Gasteiger partial charge < -0.3 is 38.4 Å². The van der Waals surface area contributed by atoms with Gasteiger partial charge in [-0.05, 0) is 55.1 Å². The van der Waals surface area contributed by atoms with Crippen molar-refractivity contribution in [2.75, 3.05) is 27.1 Å². The lowest BCUT2D eigenvalue weighted by Crippen LogP contribution is -2.03. The first kappa shape index (κ1) is 30.8. The Morgan fingerprint density at radius 2 is 1.30 bits per heavy atom. The normalized spacial score (nSPS) is 10.5. The summed E-state index contributed by atoms with van der Waals surface area (Å²) in [6, 6.07) is 9.03. The zero-order valence-corrected chi connectivity index (χ0v) is 23.6. The van der Waals surface area contributed by atoms with Crippen LogP contribution in [0.25, 0.3) is 21.9 Å². The summed E-state index contributed by atoms with van der Waals surface area (Å²) >= 11 is 11.5. The highest BCUT2D eigenvalue weighted by Crippen LogP contribution is 2.32. The van der Waals surface area contributed by atoms with Gasteiger partial charge in [0.25, 0.3) is 0 Å². The molecule has 0 spiro atoms. The van der Waals surface area contributed by atoms with E-state index in [1.54, 1.807) is 25.3 Å². The molecule has 200 valence electrons. The molecular formula is C24H23Br2ClO10. The summed E-state index contributed by atoms with van der Waals surface area (Å²) in [5.74, 6) is 0.489. The number of fused-ring (bicyclic) bond motifs is 2. The monoisotopic (exact) mass is 664 g/mol. The number of methoxy groups -OCH3 is 2. The van der Waals surface area contributed by atoms with E-state index in [1.165, 1.54) is 25.3 Å². The number of alkyl halides is 1. The van der Waals surface area contributed by atoms with Crippen molar-refractivity contribution in [3.05, 3.63) is 77.3 Å². The van der Waals surface area contributed by atoms with Crippen LogP contribution in [0, 0.1) is 0 Å². The maximum atomic E-state index is 11.3. The number of aliphatic hydroxyl groups excluding tert-OH is 2. The molecule has 2 aromatic heterocycles. The van der Waals surface area contributed by atoms with Gasteiger partial charge in [-0.2, -0.15) is 0 Å². The average molecular weight is 667 g/mol. The lowest BCUT2D eigenvalue weighted by Gasteiger charge is -2.09. The number of phenolic OH excluding ortho intramolecular Hbond substituents is 1. The number of halogens is 3. The second-order valence-corrected chi connectivity index (χ2v) is 8.95. The predicted molar refractivity (Wildman–Crippen MR) is 144 cm³/mol. The quantitative estimate of drug-likeness (QED) is 0.151. The van der Waals surface area contributed by atoms with Crippen molar-refractivity contribution in [1.82, 2.24) is 0 Å². The summed E-state index contributed by atoms with van der Waals surface area (Å²) in [6.07, 6.45) is 0. The highest BCUT2D eigenvalue weighted by Gasteiger charge is 2.11. The summed E-state index contributed by atoms with van der Waals surface area (Å²) in [4.78, 5) is 22.4. The maximum Gasteiger partial charge on any atom is 0.336 e. The van der Waals surface area contributed by atoms with Crippen molar-refractivity contribution in [2.45, 2.75) is 13.2 Å². The Morgan fingerprint density at radius 1 is 0.811 bits per heavy atom. The van der Waals surface area contributed by atoms with Crippen LogP contribution in [0.1, 0.15) is 11.1 Å². The fourth-order valence-electron chi connectivity index (χ4n) is 2.96. The van der Waals surface area contributed by atoms with E-state index < -0.39 is 11.3 Å². The van der Waals surface area contributed by atoms with E-state index >= 15 is 0 Å². The van der Waals surface area contributed by atoms with Crippen LogP contribution in [0.15, 0.2) is 63.8 Å². The number of aromatic hydroxyl groups is 1. The van der Waals surface area contributed by atoms with Crippen molar-refractivity contribution in [1.29, 1.82) is 0 Å². The maximum absolute atomic E-state index is 11.3. The highest BCUT2D eigenvalue weighted by atomic mass is 79.9. The molecule has 10 nitrogen and oxygen atoms in total. The van der Waals surface area contributed by atoms with E-state index in [0.717, 1.165) is 0 Å². The molecule has 2 heterocycles. The highest BCUT2D eigenvalue weighted by molar-refractivity contribution is 9.11. The summed E-state index contributed by atoms with van der Waals surface area (Å²) in [6.45, 7) is -0.389. The van der Waals surface area contributed by atoms with Crippen LogP contribution >= 0.6 is 43.5 Å². The molecule has 0 fully saturated rings. The molecular weight excluding hydrogens is 644 g/mol. The van der Waals surface area contributed by atoms with Crippen molar-refractivity contribution < 1.29 is 38.4 Å². The van der Waals surface area contributed by atoms with Crippen molar-refractivity contribution in [3.63, 3.8) is 0 Å². The molecule has 0 aliphatic rings. The van der Waals surface area contributed by atoms with E-state index in [4.69, 9.17) is 35.0 Å². The molecule has 0 unspecified atom stereocenters. The molecule has 0 aliphatic heterocycles. The third-order valence-corrected chi connectivity index (χ3v) is 6.04. The van der Waals surface area contributed by atoms with Gasteiger partial charge in [0.1, 0.15) is 28.7 Å². The Morgan fingerprint density at radius 3 is 1.76 bits per heavy atom. The third kappa shape index (κ3) is 8.54. The number of rotatable bonds is 6. The molecule has 13 heteroatoms. The average Bonchev–Trinajstić information content (AvgIpc) is 2.88. The second kappa shape index (κ2) is 15.1. The molecule has 2 aromatic carbocycles. The third-order valence-electron chi connectivity index (χ3n) is 4.56. The minimum atomic E-state index is -0.548. The van der Waals surface area contributed by atoms with Gasteiger partial charge >= 0.3 is 11.3 Å². The van der Waals surface area contributed by atoms with Gasteiger partial charge in [0, 0.05) is 49.3 Å². The van der Waals surface area contributed by atoms with Gasteiger partial charge in [-0.1, -0.05) is 11.6 Å². The first-order valence-electron chi connectivity index (χ1n) is 10.3. The molecule has 4 aromatic rings. The van der Waals surface area contributed by atoms with Crippen LogP contribution in [0.3, 0.4) is 0 Å². The van der Waals surface area contributed by atoms with Crippen LogP contribution in [0.4, 0.5) is 0 Å². The van der Waals surface area contributed by atoms with E-state index in [2.05, 4.69) is 36.6 Å². The molecule has 0 saturated heterocycles. The van der Waals surface area contributed by atoms with Crippen molar-refractivity contribution in [3.8, 4) is 11.5 Å². The number of benzene rings is 2. The van der Waals surface area contributed by atoms with E-state index in [0.29, 0.717) is 48.2 Å². The lowest BCUT2D eigenvalue weighted by atomic mass is 10.1. The first-order chi connectivity index (χ1) is 17.7. The van der Waals surface area contributed by atoms with Gasteiger partial charge in [0.15, 0.2) is 6.79 Å². The van der Waals surface area contributed by atoms with E-state index in [1.807, 2.05) is 0 Å². The SMILES string of the molecule is COCCl.COCOc1cc2oc(=O)cc(CO)c2cc1Br.O=c1cc(CO)c2cc(Br)c(O)cc2o1. The largest absolute Gasteiger partial charge is 0.507 e. The van der Waals surface area contributed by atoms with Gasteiger partial charge in [-0.3, -0.25) is 0 Å². The van der Waals surface area contributed by atoms with E-state index in [-0.39, 0.29) is 31.3 Å². The van der Waals surface area contributed by atoms with Crippen LogP contribution in [0.5, 0.6) is 11.5 Å². The summed E-state index contributed by atoms with van der Waals surface area (Å²) in [5.41, 5.74) is 0.551. The topological polar surface area (TPSA) is 149 Å². The van der Waals surface area contributed by atoms with Gasteiger partial charge in [-0.15, -0.1) is 0 Å². The first-order valence-corrected chi connectivity index (χ1v) is 12.4. The predicted octanol–water partition coefficient (Wildman–Crippen LogP) is 4.61. The minimum Gasteiger partial charge on any atom is -0.507 e. The Balaban J connectivity index is 0.000000230. The zero-order chi connectivity index (χ0) is 27.5. The second-order valence-electron chi connectivity index (χ2n) is 7.02.